The molecule has 0 bridgehead atoms. The van der Waals surface area contributed by atoms with Crippen molar-refractivity contribution >= 4 is 15.6 Å². The molecule has 0 aromatic heterocycles. The maximum atomic E-state index is 13.7. The lowest BCUT2D eigenvalue weighted by atomic mass is 10.1. The van der Waals surface area contributed by atoms with Crippen molar-refractivity contribution in [2.24, 2.45) is 0 Å². The van der Waals surface area contributed by atoms with Crippen molar-refractivity contribution in [2.45, 2.75) is 6.42 Å². The number of para-hydroxylation sites is 4. The van der Waals surface area contributed by atoms with Crippen LogP contribution in [0.15, 0.2) is 170 Å². The van der Waals surface area contributed by atoms with Crippen LogP contribution in [0.1, 0.15) is 11.1 Å². The molecule has 0 fully saturated rings. The molecule has 0 saturated heterocycles. The van der Waals surface area contributed by atoms with Crippen LogP contribution in [0.3, 0.4) is 0 Å². The lowest BCUT2D eigenvalue weighted by Crippen LogP contribution is -2.07. The zero-order valence-electron chi connectivity index (χ0n) is 25.0. The van der Waals surface area contributed by atoms with Crippen LogP contribution in [-0.4, -0.2) is 0 Å². The third-order valence-electron chi connectivity index (χ3n) is 6.53. The second-order valence-electron chi connectivity index (χ2n) is 10.2. The largest absolute Gasteiger partial charge is 0.647 e. The molecular weight excluding hydrogens is 634 g/mol. The van der Waals surface area contributed by atoms with Crippen molar-refractivity contribution in [2.75, 3.05) is 0 Å². The fourth-order valence-electron chi connectivity index (χ4n) is 4.38. The summed E-state index contributed by atoms with van der Waals surface area (Å²) < 4.78 is 61.9. The lowest BCUT2D eigenvalue weighted by Gasteiger charge is -2.19. The van der Waals surface area contributed by atoms with E-state index in [1.54, 1.807) is 121 Å². The quantitative estimate of drug-likeness (QED) is 0.106. The Kier molecular flexibility index (Phi) is 9.93. The maximum Gasteiger partial charge on any atom is 0.647 e. The summed E-state index contributed by atoms with van der Waals surface area (Å²) in [5, 5.41) is 0. The van der Waals surface area contributed by atoms with Gasteiger partial charge in [0.2, 0.25) is 0 Å². The van der Waals surface area contributed by atoms with E-state index in [0.29, 0.717) is 40.9 Å². The van der Waals surface area contributed by atoms with Gasteiger partial charge in [-0.15, -0.1) is 0 Å². The first-order chi connectivity index (χ1) is 22.9. The Balaban J connectivity index is 1.12. The standard InChI is InChI=1S/C37H30O8P2/c38-46(40-32-13-5-1-6-14-32,41-33-15-7-2-8-16-33)44-36-25-21-30(22-26-36)29-31-23-27-37(28-24-31)45-47(39,42-34-17-9-3-10-18-34)43-35-19-11-4-12-20-35/h1-28H,29H2. The molecule has 0 aliphatic carbocycles. The molecule has 0 saturated carbocycles. The van der Waals surface area contributed by atoms with Gasteiger partial charge in [0, 0.05) is 0 Å². The predicted octanol–water partition coefficient (Wildman–Crippen LogP) is 10.6. The molecule has 0 amide bonds. The van der Waals surface area contributed by atoms with Crippen molar-refractivity contribution < 1.29 is 36.3 Å². The molecule has 0 aliphatic heterocycles. The molecule has 8 nitrogen and oxygen atoms in total. The highest BCUT2D eigenvalue weighted by atomic mass is 31.2. The molecule has 0 radical (unpaired) electrons. The fraction of sp³-hybridized carbons (Fsp3) is 0.0270. The van der Waals surface area contributed by atoms with E-state index in [-0.39, 0.29) is 0 Å². The predicted molar refractivity (Wildman–Crippen MR) is 180 cm³/mol. The molecule has 6 rings (SSSR count). The van der Waals surface area contributed by atoms with Gasteiger partial charge in [0.15, 0.2) is 0 Å². The van der Waals surface area contributed by atoms with Crippen LogP contribution in [0.2, 0.25) is 0 Å². The summed E-state index contributed by atoms with van der Waals surface area (Å²) >= 11 is 0. The minimum absolute atomic E-state index is 0.320. The van der Waals surface area contributed by atoms with Crippen molar-refractivity contribution in [1.82, 2.24) is 0 Å². The maximum absolute atomic E-state index is 13.7. The zero-order valence-corrected chi connectivity index (χ0v) is 26.8. The normalized spacial score (nSPS) is 11.2. The summed E-state index contributed by atoms with van der Waals surface area (Å²) in [6.07, 6.45) is 0.581. The van der Waals surface area contributed by atoms with E-state index in [1.807, 2.05) is 48.5 Å². The summed E-state index contributed by atoms with van der Waals surface area (Å²) in [7, 11) is -8.18. The number of hydrogen-bond donors (Lipinski definition) is 0. The van der Waals surface area contributed by atoms with Gasteiger partial charge >= 0.3 is 15.6 Å². The summed E-state index contributed by atoms with van der Waals surface area (Å²) in [6.45, 7) is 0. The van der Waals surface area contributed by atoms with Gasteiger partial charge in [0.25, 0.3) is 0 Å². The molecular formula is C37H30O8P2. The first kappa shape index (κ1) is 31.6. The summed E-state index contributed by atoms with van der Waals surface area (Å²) in [6, 6.07) is 49.2. The molecule has 10 heteroatoms. The number of benzene rings is 6. The van der Waals surface area contributed by atoms with Crippen LogP contribution in [0.25, 0.3) is 0 Å². The topological polar surface area (TPSA) is 89.5 Å². The van der Waals surface area contributed by atoms with E-state index >= 15 is 0 Å². The summed E-state index contributed by atoms with van der Waals surface area (Å²) in [4.78, 5) is 0. The summed E-state index contributed by atoms with van der Waals surface area (Å²) in [5.41, 5.74) is 1.94. The number of rotatable bonds is 14. The van der Waals surface area contributed by atoms with Gasteiger partial charge < -0.3 is 27.1 Å². The van der Waals surface area contributed by atoms with Crippen molar-refractivity contribution in [3.8, 4) is 34.5 Å². The second kappa shape index (κ2) is 14.8. The second-order valence-corrected chi connectivity index (χ2v) is 13.0. The van der Waals surface area contributed by atoms with Crippen LogP contribution >= 0.6 is 15.6 Å². The summed E-state index contributed by atoms with van der Waals surface area (Å²) in [5.74, 6) is 2.05. The Morgan fingerprint density at radius 3 is 0.745 bits per heavy atom. The Hall–Kier alpha value is -5.42. The van der Waals surface area contributed by atoms with E-state index in [9.17, 15) is 9.13 Å². The Morgan fingerprint density at radius 1 is 0.298 bits per heavy atom. The van der Waals surface area contributed by atoms with Crippen LogP contribution in [0, 0.1) is 0 Å². The fourth-order valence-corrected chi connectivity index (χ4v) is 6.89. The van der Waals surface area contributed by atoms with Crippen LogP contribution in [0.5, 0.6) is 34.5 Å². The molecule has 0 unspecified atom stereocenters. The highest BCUT2D eigenvalue weighted by molar-refractivity contribution is 7.50. The van der Waals surface area contributed by atoms with Gasteiger partial charge in [-0.25, -0.2) is 0 Å². The minimum atomic E-state index is -4.09. The van der Waals surface area contributed by atoms with Crippen molar-refractivity contribution in [3.63, 3.8) is 0 Å². The lowest BCUT2D eigenvalue weighted by molar-refractivity contribution is 0.296. The van der Waals surface area contributed by atoms with Gasteiger partial charge in [0.1, 0.15) is 34.5 Å². The van der Waals surface area contributed by atoms with Gasteiger partial charge in [-0.05, 0) is 90.3 Å². The van der Waals surface area contributed by atoms with Gasteiger partial charge in [-0.2, -0.15) is 9.13 Å². The Morgan fingerprint density at radius 2 is 0.511 bits per heavy atom. The van der Waals surface area contributed by atoms with Crippen molar-refractivity contribution in [1.29, 1.82) is 0 Å². The van der Waals surface area contributed by atoms with E-state index in [2.05, 4.69) is 0 Å². The Bertz CT molecular complexity index is 1700. The molecule has 0 N–H and O–H groups in total. The minimum Gasteiger partial charge on any atom is -0.386 e. The molecule has 0 atom stereocenters. The van der Waals surface area contributed by atoms with E-state index in [4.69, 9.17) is 27.1 Å². The van der Waals surface area contributed by atoms with Crippen molar-refractivity contribution in [3.05, 3.63) is 181 Å². The smallest absolute Gasteiger partial charge is 0.386 e. The average Bonchev–Trinajstić information content (AvgIpc) is 3.08. The Labute approximate surface area is 273 Å². The number of hydrogen-bond acceptors (Lipinski definition) is 8. The average molecular weight is 665 g/mol. The third-order valence-corrected chi connectivity index (χ3v) is 9.14. The highest BCUT2D eigenvalue weighted by Gasteiger charge is 2.34. The third kappa shape index (κ3) is 9.30. The molecule has 0 spiro atoms. The number of phosphoric acid groups is 2. The number of phosphoric ester groups is 2. The van der Waals surface area contributed by atoms with E-state index in [0.717, 1.165) is 11.1 Å². The van der Waals surface area contributed by atoms with Gasteiger partial charge in [0.05, 0.1) is 0 Å². The first-order valence-electron chi connectivity index (χ1n) is 14.7. The first-order valence-corrected chi connectivity index (χ1v) is 17.6. The van der Waals surface area contributed by atoms with Crippen LogP contribution < -0.4 is 27.1 Å². The van der Waals surface area contributed by atoms with Gasteiger partial charge in [-0.1, -0.05) is 97.1 Å². The molecule has 47 heavy (non-hydrogen) atoms. The monoisotopic (exact) mass is 664 g/mol. The molecule has 0 heterocycles. The zero-order chi connectivity index (χ0) is 32.4. The molecule has 0 aliphatic rings. The molecule has 236 valence electrons. The van der Waals surface area contributed by atoms with E-state index < -0.39 is 15.6 Å². The SMILES string of the molecule is O=P(Oc1ccccc1)(Oc1ccccc1)Oc1ccc(Cc2ccc(OP(=O)(Oc3ccccc3)Oc3ccccc3)cc2)cc1. The van der Waals surface area contributed by atoms with Crippen LogP contribution in [-0.2, 0) is 15.6 Å². The van der Waals surface area contributed by atoms with Crippen LogP contribution in [0.4, 0.5) is 0 Å². The van der Waals surface area contributed by atoms with E-state index in [1.165, 1.54) is 0 Å². The van der Waals surface area contributed by atoms with Gasteiger partial charge in [-0.3, -0.25) is 0 Å². The highest BCUT2D eigenvalue weighted by Crippen LogP contribution is 2.51. The molecule has 6 aromatic rings. The molecule has 6 aromatic carbocycles.